The van der Waals surface area contributed by atoms with Crippen LogP contribution < -0.4 is 4.74 Å². The van der Waals surface area contributed by atoms with Crippen molar-refractivity contribution < 1.29 is 9.53 Å². The minimum absolute atomic E-state index is 0.202. The zero-order chi connectivity index (χ0) is 13.9. The van der Waals surface area contributed by atoms with Gasteiger partial charge in [-0.3, -0.25) is 4.79 Å². The third-order valence-electron chi connectivity index (χ3n) is 3.26. The second-order valence-corrected chi connectivity index (χ2v) is 5.11. The SMILES string of the molecule is O=C1CCCN1CCOc1cnc2cc(Cl)ccc2n1. The Hall–Kier alpha value is -1.88. The molecule has 0 radical (unpaired) electrons. The zero-order valence-corrected chi connectivity index (χ0v) is 11.6. The molecule has 0 atom stereocenters. The van der Waals surface area contributed by atoms with Crippen LogP contribution in [0.3, 0.4) is 0 Å². The Kier molecular flexibility index (Phi) is 3.69. The number of nitrogens with zero attached hydrogens (tertiary/aromatic N) is 3. The molecule has 0 spiro atoms. The van der Waals surface area contributed by atoms with Gasteiger partial charge in [-0.15, -0.1) is 0 Å². The van der Waals surface area contributed by atoms with Crippen molar-refractivity contribution >= 4 is 28.5 Å². The summed E-state index contributed by atoms with van der Waals surface area (Å²) in [6.45, 7) is 1.85. The van der Waals surface area contributed by atoms with E-state index < -0.39 is 0 Å². The van der Waals surface area contributed by atoms with Gasteiger partial charge in [0.05, 0.1) is 23.8 Å². The molecule has 1 amide bonds. The van der Waals surface area contributed by atoms with Crippen LogP contribution in [0.2, 0.25) is 5.02 Å². The van der Waals surface area contributed by atoms with Gasteiger partial charge in [-0.2, -0.15) is 0 Å². The number of hydrogen-bond acceptors (Lipinski definition) is 4. The summed E-state index contributed by atoms with van der Waals surface area (Å²) in [5, 5.41) is 0.632. The fourth-order valence-corrected chi connectivity index (χ4v) is 2.40. The lowest BCUT2D eigenvalue weighted by atomic mass is 10.3. The lowest BCUT2D eigenvalue weighted by molar-refractivity contribution is -0.128. The van der Waals surface area contributed by atoms with Crippen molar-refractivity contribution in [2.45, 2.75) is 12.8 Å². The first kappa shape index (κ1) is 13.1. The molecule has 1 saturated heterocycles. The number of amides is 1. The Morgan fingerprint density at radius 1 is 1.35 bits per heavy atom. The van der Waals surface area contributed by atoms with E-state index in [0.29, 0.717) is 30.5 Å². The average Bonchev–Trinajstić information content (AvgIpc) is 2.85. The highest BCUT2D eigenvalue weighted by molar-refractivity contribution is 6.31. The molecular weight excluding hydrogens is 278 g/mol. The highest BCUT2D eigenvalue weighted by atomic mass is 35.5. The molecule has 0 unspecified atom stereocenters. The summed E-state index contributed by atoms with van der Waals surface area (Å²) < 4.78 is 5.55. The van der Waals surface area contributed by atoms with Crippen LogP contribution in [0.15, 0.2) is 24.4 Å². The van der Waals surface area contributed by atoms with Gasteiger partial charge in [0.25, 0.3) is 0 Å². The first-order valence-corrected chi connectivity index (χ1v) is 6.93. The molecule has 20 heavy (non-hydrogen) atoms. The van der Waals surface area contributed by atoms with E-state index in [9.17, 15) is 4.79 Å². The van der Waals surface area contributed by atoms with E-state index in [1.807, 2.05) is 11.0 Å². The van der Waals surface area contributed by atoms with E-state index in [1.54, 1.807) is 18.3 Å². The summed E-state index contributed by atoms with van der Waals surface area (Å²) in [7, 11) is 0. The van der Waals surface area contributed by atoms with Gasteiger partial charge in [-0.1, -0.05) is 11.6 Å². The highest BCUT2D eigenvalue weighted by Crippen LogP contribution is 2.18. The third-order valence-corrected chi connectivity index (χ3v) is 3.50. The molecule has 2 heterocycles. The van der Waals surface area contributed by atoms with E-state index in [0.717, 1.165) is 24.0 Å². The van der Waals surface area contributed by atoms with E-state index in [-0.39, 0.29) is 5.91 Å². The maximum Gasteiger partial charge on any atom is 0.232 e. The van der Waals surface area contributed by atoms with Gasteiger partial charge < -0.3 is 9.64 Å². The first-order chi connectivity index (χ1) is 9.72. The van der Waals surface area contributed by atoms with Crippen molar-refractivity contribution in [2.24, 2.45) is 0 Å². The Bertz CT molecular complexity index is 647. The van der Waals surface area contributed by atoms with Crippen LogP contribution in [0.4, 0.5) is 0 Å². The quantitative estimate of drug-likeness (QED) is 0.867. The van der Waals surface area contributed by atoms with Crippen molar-refractivity contribution in [2.75, 3.05) is 19.7 Å². The summed E-state index contributed by atoms with van der Waals surface area (Å²) in [6.07, 6.45) is 3.16. The van der Waals surface area contributed by atoms with Crippen LogP contribution >= 0.6 is 11.6 Å². The predicted molar refractivity (Wildman–Crippen MR) is 75.9 cm³/mol. The van der Waals surface area contributed by atoms with Gasteiger partial charge in [0.15, 0.2) is 0 Å². The van der Waals surface area contributed by atoms with Gasteiger partial charge in [-0.25, -0.2) is 9.97 Å². The van der Waals surface area contributed by atoms with Gasteiger partial charge in [0.2, 0.25) is 11.8 Å². The minimum Gasteiger partial charge on any atom is -0.475 e. The lowest BCUT2D eigenvalue weighted by Gasteiger charge is -2.15. The highest BCUT2D eigenvalue weighted by Gasteiger charge is 2.19. The lowest BCUT2D eigenvalue weighted by Crippen LogP contribution is -2.29. The molecule has 6 heteroatoms. The first-order valence-electron chi connectivity index (χ1n) is 6.55. The van der Waals surface area contributed by atoms with Crippen molar-refractivity contribution in [3.8, 4) is 5.88 Å². The number of benzene rings is 1. The van der Waals surface area contributed by atoms with Crippen molar-refractivity contribution in [1.29, 1.82) is 0 Å². The Morgan fingerprint density at radius 3 is 3.05 bits per heavy atom. The maximum absolute atomic E-state index is 11.5. The number of carbonyl (C=O) groups excluding carboxylic acids is 1. The number of ether oxygens (including phenoxy) is 1. The van der Waals surface area contributed by atoms with Crippen LogP contribution in [0, 0.1) is 0 Å². The normalized spacial score (nSPS) is 15.1. The molecular formula is C14H14ClN3O2. The van der Waals surface area contributed by atoms with Gasteiger partial charge >= 0.3 is 0 Å². The average molecular weight is 292 g/mol. The summed E-state index contributed by atoms with van der Waals surface area (Å²) in [6, 6.07) is 5.34. The molecule has 1 aliphatic heterocycles. The molecule has 1 aliphatic rings. The van der Waals surface area contributed by atoms with Crippen LogP contribution in [-0.2, 0) is 4.79 Å². The molecule has 0 bridgehead atoms. The van der Waals surface area contributed by atoms with E-state index in [2.05, 4.69) is 9.97 Å². The molecule has 3 rings (SSSR count). The van der Waals surface area contributed by atoms with E-state index in [4.69, 9.17) is 16.3 Å². The fraction of sp³-hybridized carbons (Fsp3) is 0.357. The second-order valence-electron chi connectivity index (χ2n) is 4.67. The molecule has 0 N–H and O–H groups in total. The van der Waals surface area contributed by atoms with Crippen molar-refractivity contribution in [3.63, 3.8) is 0 Å². The van der Waals surface area contributed by atoms with Gasteiger partial charge in [0, 0.05) is 18.0 Å². The van der Waals surface area contributed by atoms with E-state index >= 15 is 0 Å². The van der Waals surface area contributed by atoms with Crippen LogP contribution in [0.25, 0.3) is 11.0 Å². The molecule has 0 aliphatic carbocycles. The largest absolute Gasteiger partial charge is 0.475 e. The number of hydrogen-bond donors (Lipinski definition) is 0. The molecule has 0 saturated carbocycles. The Balaban J connectivity index is 1.63. The van der Waals surface area contributed by atoms with E-state index in [1.165, 1.54) is 0 Å². The summed E-state index contributed by atoms with van der Waals surface area (Å²) in [5.74, 6) is 0.666. The molecule has 2 aromatic rings. The summed E-state index contributed by atoms with van der Waals surface area (Å²) in [5.41, 5.74) is 1.48. The topological polar surface area (TPSA) is 55.3 Å². The number of halogens is 1. The van der Waals surface area contributed by atoms with Crippen molar-refractivity contribution in [1.82, 2.24) is 14.9 Å². The Morgan fingerprint density at radius 2 is 2.25 bits per heavy atom. The third kappa shape index (κ3) is 2.82. The molecule has 1 aromatic heterocycles. The van der Waals surface area contributed by atoms with Crippen LogP contribution in [0.1, 0.15) is 12.8 Å². The number of rotatable bonds is 4. The number of aromatic nitrogens is 2. The second kappa shape index (κ2) is 5.63. The van der Waals surface area contributed by atoms with Gasteiger partial charge in [-0.05, 0) is 24.6 Å². The smallest absolute Gasteiger partial charge is 0.232 e. The number of likely N-dealkylation sites (tertiary alicyclic amines) is 1. The number of fused-ring (bicyclic) bond motifs is 1. The minimum atomic E-state index is 0.202. The molecule has 5 nitrogen and oxygen atoms in total. The maximum atomic E-state index is 11.5. The molecule has 1 aromatic carbocycles. The molecule has 1 fully saturated rings. The van der Waals surface area contributed by atoms with Crippen molar-refractivity contribution in [3.05, 3.63) is 29.4 Å². The summed E-state index contributed by atoms with van der Waals surface area (Å²) in [4.78, 5) is 21.9. The Labute approximate surface area is 121 Å². The predicted octanol–water partition coefficient (Wildman–Crippen LogP) is 2.28. The fourth-order valence-electron chi connectivity index (χ4n) is 2.24. The van der Waals surface area contributed by atoms with Crippen LogP contribution in [0.5, 0.6) is 5.88 Å². The monoisotopic (exact) mass is 291 g/mol. The molecule has 104 valence electrons. The summed E-state index contributed by atoms with van der Waals surface area (Å²) >= 11 is 5.89. The van der Waals surface area contributed by atoms with Gasteiger partial charge in [0.1, 0.15) is 6.61 Å². The van der Waals surface area contributed by atoms with Crippen LogP contribution in [-0.4, -0.2) is 40.5 Å². The zero-order valence-electron chi connectivity index (χ0n) is 10.9. The number of carbonyl (C=O) groups is 1. The standard InChI is InChI=1S/C14H14ClN3O2/c15-10-3-4-11-12(8-10)16-9-13(17-11)20-7-6-18-5-1-2-14(18)19/h3-4,8-9H,1-2,5-7H2.